The first kappa shape index (κ1) is 22.3. The van der Waals surface area contributed by atoms with E-state index in [1.807, 2.05) is 6.07 Å². The van der Waals surface area contributed by atoms with Crippen molar-refractivity contribution in [2.75, 3.05) is 7.11 Å². The average molecular weight is 499 g/mol. The van der Waals surface area contributed by atoms with Crippen molar-refractivity contribution in [3.05, 3.63) is 92.4 Å². The molecule has 3 aromatic rings. The minimum atomic E-state index is -0.424. The second kappa shape index (κ2) is 10.6. The summed E-state index contributed by atoms with van der Waals surface area (Å²) >= 11 is 9.44. The predicted octanol–water partition coefficient (Wildman–Crippen LogP) is 5.33. The molecule has 156 valence electrons. The number of hydrogen-bond donors (Lipinski definition) is 1. The lowest BCUT2D eigenvalue weighted by atomic mass is 10.1. The van der Waals surface area contributed by atoms with Crippen molar-refractivity contribution >= 4 is 39.7 Å². The summed E-state index contributed by atoms with van der Waals surface area (Å²) in [5.41, 5.74) is 4.82. The van der Waals surface area contributed by atoms with Gasteiger partial charge in [-0.2, -0.15) is 10.4 Å². The molecule has 31 heavy (non-hydrogen) atoms. The van der Waals surface area contributed by atoms with Gasteiger partial charge in [-0.3, -0.25) is 4.79 Å². The molecular weight excluding hydrogens is 482 g/mol. The predicted molar refractivity (Wildman–Crippen MR) is 123 cm³/mol. The number of hydrogen-bond acceptors (Lipinski definition) is 5. The molecule has 0 radical (unpaired) electrons. The van der Waals surface area contributed by atoms with E-state index < -0.39 is 5.91 Å². The van der Waals surface area contributed by atoms with E-state index in [1.165, 1.54) is 13.3 Å². The molecule has 0 aliphatic heterocycles. The SMILES string of the molecule is COc1ccc(Br)cc1C(=O)N/N=C\c1cc(Cl)ccc1OCc1cccc(C#N)c1. The lowest BCUT2D eigenvalue weighted by Crippen LogP contribution is -2.18. The van der Waals surface area contributed by atoms with Crippen molar-refractivity contribution in [2.24, 2.45) is 5.10 Å². The molecule has 0 unspecified atom stereocenters. The van der Waals surface area contributed by atoms with E-state index in [4.69, 9.17) is 26.3 Å². The van der Waals surface area contributed by atoms with Gasteiger partial charge in [0.05, 0.1) is 30.5 Å². The smallest absolute Gasteiger partial charge is 0.275 e. The van der Waals surface area contributed by atoms with Crippen LogP contribution >= 0.6 is 27.5 Å². The lowest BCUT2D eigenvalue weighted by molar-refractivity contribution is 0.0952. The number of halogens is 2. The van der Waals surface area contributed by atoms with Crippen LogP contribution in [0.5, 0.6) is 11.5 Å². The Balaban J connectivity index is 1.73. The zero-order chi connectivity index (χ0) is 22.2. The van der Waals surface area contributed by atoms with Gasteiger partial charge in [0.15, 0.2) is 0 Å². The Hall–Kier alpha value is -3.34. The number of ether oxygens (including phenoxy) is 2. The summed E-state index contributed by atoms with van der Waals surface area (Å²) in [4.78, 5) is 12.5. The summed E-state index contributed by atoms with van der Waals surface area (Å²) in [6.07, 6.45) is 1.45. The molecule has 0 fully saturated rings. The number of methoxy groups -OCH3 is 1. The third kappa shape index (κ3) is 6.07. The molecule has 0 saturated heterocycles. The van der Waals surface area contributed by atoms with Crippen LogP contribution in [0.1, 0.15) is 27.0 Å². The van der Waals surface area contributed by atoms with E-state index in [9.17, 15) is 4.79 Å². The van der Waals surface area contributed by atoms with E-state index >= 15 is 0 Å². The van der Waals surface area contributed by atoms with Gasteiger partial charge in [0, 0.05) is 15.1 Å². The van der Waals surface area contributed by atoms with Gasteiger partial charge in [-0.05, 0) is 54.1 Å². The van der Waals surface area contributed by atoms with Crippen LogP contribution in [0.25, 0.3) is 0 Å². The molecule has 8 heteroatoms. The molecule has 3 rings (SSSR count). The molecule has 6 nitrogen and oxygen atoms in total. The average Bonchev–Trinajstić information content (AvgIpc) is 2.78. The highest BCUT2D eigenvalue weighted by Gasteiger charge is 2.12. The number of hydrazone groups is 1. The third-order valence-electron chi connectivity index (χ3n) is 4.20. The van der Waals surface area contributed by atoms with E-state index in [0.29, 0.717) is 33.2 Å². The molecule has 3 aromatic carbocycles. The number of benzene rings is 3. The van der Waals surface area contributed by atoms with Crippen molar-refractivity contribution < 1.29 is 14.3 Å². The topological polar surface area (TPSA) is 83.7 Å². The Labute approximate surface area is 193 Å². The van der Waals surface area contributed by atoms with E-state index in [0.717, 1.165) is 10.0 Å². The molecular formula is C23H17BrClN3O3. The Morgan fingerprint density at radius 3 is 2.77 bits per heavy atom. The highest BCUT2D eigenvalue weighted by Crippen LogP contribution is 2.24. The van der Waals surface area contributed by atoms with Gasteiger partial charge in [0.1, 0.15) is 18.1 Å². The fourth-order valence-corrected chi connectivity index (χ4v) is 3.26. The number of amides is 1. The summed E-state index contributed by atoms with van der Waals surface area (Å²) in [6, 6.07) is 19.5. The van der Waals surface area contributed by atoms with E-state index in [1.54, 1.807) is 54.6 Å². The van der Waals surface area contributed by atoms with Crippen molar-refractivity contribution in [3.63, 3.8) is 0 Å². The fraction of sp³-hybridized carbons (Fsp3) is 0.0870. The number of nitriles is 1. The maximum Gasteiger partial charge on any atom is 0.275 e. The molecule has 0 atom stereocenters. The van der Waals surface area contributed by atoms with Crippen LogP contribution in [0.2, 0.25) is 5.02 Å². The van der Waals surface area contributed by atoms with Crippen LogP contribution in [0.15, 0.2) is 70.2 Å². The van der Waals surface area contributed by atoms with Crippen molar-refractivity contribution in [1.29, 1.82) is 5.26 Å². The molecule has 0 spiro atoms. The summed E-state index contributed by atoms with van der Waals surface area (Å²) in [6.45, 7) is 0.263. The number of nitrogens with zero attached hydrogens (tertiary/aromatic N) is 2. The minimum absolute atomic E-state index is 0.263. The zero-order valence-electron chi connectivity index (χ0n) is 16.4. The van der Waals surface area contributed by atoms with E-state index in [-0.39, 0.29) is 6.61 Å². The van der Waals surface area contributed by atoms with Crippen molar-refractivity contribution in [3.8, 4) is 17.6 Å². The second-order valence-corrected chi connectivity index (χ2v) is 7.68. The van der Waals surface area contributed by atoms with Crippen LogP contribution in [-0.4, -0.2) is 19.2 Å². The molecule has 0 aliphatic carbocycles. The largest absolute Gasteiger partial charge is 0.496 e. The Bertz CT molecular complexity index is 1170. The first-order chi connectivity index (χ1) is 15.0. The summed E-state index contributed by atoms with van der Waals surface area (Å²) in [7, 11) is 1.49. The van der Waals surface area contributed by atoms with Gasteiger partial charge in [-0.15, -0.1) is 0 Å². The van der Waals surface area contributed by atoms with Gasteiger partial charge in [-0.1, -0.05) is 39.7 Å². The number of rotatable bonds is 7. The fourth-order valence-electron chi connectivity index (χ4n) is 2.72. The number of carbonyl (C=O) groups is 1. The minimum Gasteiger partial charge on any atom is -0.496 e. The van der Waals surface area contributed by atoms with Crippen LogP contribution in [-0.2, 0) is 6.61 Å². The molecule has 1 amide bonds. The van der Waals surface area contributed by atoms with Crippen LogP contribution < -0.4 is 14.9 Å². The van der Waals surface area contributed by atoms with Gasteiger partial charge in [-0.25, -0.2) is 5.43 Å². The Morgan fingerprint density at radius 1 is 1.19 bits per heavy atom. The molecule has 0 aromatic heterocycles. The van der Waals surface area contributed by atoms with Gasteiger partial charge in [0.25, 0.3) is 5.91 Å². The molecule has 0 heterocycles. The number of carbonyl (C=O) groups excluding carboxylic acids is 1. The Morgan fingerprint density at radius 2 is 2.00 bits per heavy atom. The van der Waals surface area contributed by atoms with Gasteiger partial charge in [0.2, 0.25) is 0 Å². The number of nitrogens with one attached hydrogen (secondary N) is 1. The van der Waals surface area contributed by atoms with Crippen LogP contribution in [0.4, 0.5) is 0 Å². The third-order valence-corrected chi connectivity index (χ3v) is 4.93. The van der Waals surface area contributed by atoms with Crippen molar-refractivity contribution in [2.45, 2.75) is 6.61 Å². The highest BCUT2D eigenvalue weighted by molar-refractivity contribution is 9.10. The van der Waals surface area contributed by atoms with Gasteiger partial charge >= 0.3 is 0 Å². The lowest BCUT2D eigenvalue weighted by Gasteiger charge is -2.10. The first-order valence-corrected chi connectivity index (χ1v) is 10.3. The summed E-state index contributed by atoms with van der Waals surface area (Å²) < 4.78 is 11.8. The standard InChI is InChI=1S/C23H17BrClN3O3/c1-30-22-7-5-18(24)11-20(22)23(29)28-27-13-17-10-19(25)6-8-21(17)31-14-16-4-2-3-15(9-16)12-26/h2-11,13H,14H2,1H3,(H,28,29)/b27-13-. The van der Waals surface area contributed by atoms with Crippen LogP contribution in [0.3, 0.4) is 0 Å². The Kier molecular flexibility index (Phi) is 7.65. The quantitative estimate of drug-likeness (QED) is 0.353. The zero-order valence-corrected chi connectivity index (χ0v) is 18.8. The summed E-state index contributed by atoms with van der Waals surface area (Å²) in [5.74, 6) is 0.541. The maximum absolute atomic E-state index is 12.5. The molecule has 0 saturated carbocycles. The normalized spacial score (nSPS) is 10.5. The molecule has 0 aliphatic rings. The first-order valence-electron chi connectivity index (χ1n) is 9.08. The summed E-state index contributed by atoms with van der Waals surface area (Å²) in [5, 5.41) is 13.6. The van der Waals surface area contributed by atoms with E-state index in [2.05, 4.69) is 32.5 Å². The molecule has 1 N–H and O–H groups in total. The van der Waals surface area contributed by atoms with Crippen molar-refractivity contribution in [1.82, 2.24) is 5.43 Å². The highest BCUT2D eigenvalue weighted by atomic mass is 79.9. The second-order valence-electron chi connectivity index (χ2n) is 6.33. The van der Waals surface area contributed by atoms with Gasteiger partial charge < -0.3 is 9.47 Å². The molecule has 0 bridgehead atoms. The van der Waals surface area contributed by atoms with Crippen LogP contribution in [0, 0.1) is 11.3 Å². The monoisotopic (exact) mass is 497 g/mol. The maximum atomic E-state index is 12.5.